The fraction of sp³-hybridized carbons (Fsp3) is 0.381. The summed E-state index contributed by atoms with van der Waals surface area (Å²) in [4.78, 5) is 25.4. The van der Waals surface area contributed by atoms with Crippen molar-refractivity contribution in [1.82, 2.24) is 0 Å². The van der Waals surface area contributed by atoms with Crippen LogP contribution in [0.2, 0.25) is 0 Å². The molecule has 0 aliphatic rings. The van der Waals surface area contributed by atoms with Crippen molar-refractivity contribution in [2.45, 2.75) is 34.1 Å². The zero-order valence-corrected chi connectivity index (χ0v) is 17.0. The Morgan fingerprint density at radius 3 is 2.56 bits per heavy atom. The van der Waals surface area contributed by atoms with Gasteiger partial charge in [-0.25, -0.2) is 4.79 Å². The van der Waals surface area contributed by atoms with Crippen LogP contribution in [0, 0.1) is 23.7 Å². The summed E-state index contributed by atoms with van der Waals surface area (Å²) in [6.07, 6.45) is 0.451. The number of esters is 2. The van der Waals surface area contributed by atoms with Crippen LogP contribution in [0.25, 0.3) is 10.4 Å². The Morgan fingerprint density at radius 1 is 1.26 bits per heavy atom. The van der Waals surface area contributed by atoms with Crippen molar-refractivity contribution < 1.29 is 19.1 Å². The molecule has 0 saturated carbocycles. The van der Waals surface area contributed by atoms with E-state index in [1.807, 2.05) is 25.1 Å². The Balaban J connectivity index is 2.28. The van der Waals surface area contributed by atoms with Gasteiger partial charge in [0.25, 0.3) is 0 Å². The van der Waals surface area contributed by atoms with Gasteiger partial charge < -0.3 is 9.47 Å². The summed E-state index contributed by atoms with van der Waals surface area (Å²) in [6.45, 7) is 7.46. The third kappa shape index (κ3) is 4.75. The second-order valence-corrected chi connectivity index (χ2v) is 8.42. The van der Waals surface area contributed by atoms with Crippen molar-refractivity contribution in [3.63, 3.8) is 0 Å². The first-order valence-electron chi connectivity index (χ1n) is 8.57. The fourth-order valence-electron chi connectivity index (χ4n) is 2.54. The molecule has 5 nitrogen and oxygen atoms in total. The van der Waals surface area contributed by atoms with Gasteiger partial charge in [0.15, 0.2) is 0 Å². The first-order chi connectivity index (χ1) is 12.7. The minimum Gasteiger partial charge on any atom is -0.465 e. The molecule has 1 heterocycles. The molecule has 0 atom stereocenters. The van der Waals surface area contributed by atoms with E-state index >= 15 is 0 Å². The van der Waals surface area contributed by atoms with Crippen LogP contribution in [0.3, 0.4) is 0 Å². The van der Waals surface area contributed by atoms with Gasteiger partial charge in [-0.1, -0.05) is 18.2 Å². The Hall–Kier alpha value is -2.65. The monoisotopic (exact) mass is 385 g/mol. The number of nitrogens with zero attached hydrogens (tertiary/aromatic N) is 1. The van der Waals surface area contributed by atoms with Crippen LogP contribution in [0.15, 0.2) is 24.3 Å². The van der Waals surface area contributed by atoms with Crippen LogP contribution in [0.1, 0.15) is 47.1 Å². The Labute approximate surface area is 163 Å². The molecule has 0 aliphatic carbocycles. The molecule has 27 heavy (non-hydrogen) atoms. The van der Waals surface area contributed by atoms with Crippen LogP contribution in [-0.2, 0) is 20.7 Å². The number of hydrogen-bond acceptors (Lipinski definition) is 6. The molecule has 1 aromatic heterocycles. The standard InChI is InChI=1S/C21H23NO4S/c1-13-16(19(23)25-5)11-18(27-13)15-8-6-7-14(17(15)12-22)9-10-26-20(24)21(2,3)4/h6-8,11H,9-10H2,1-5H3. The molecule has 0 radical (unpaired) electrons. The maximum atomic E-state index is 11.9. The van der Waals surface area contributed by atoms with Crippen LogP contribution in [-0.4, -0.2) is 25.7 Å². The van der Waals surface area contributed by atoms with Crippen molar-refractivity contribution in [2.75, 3.05) is 13.7 Å². The predicted octanol–water partition coefficient (Wildman–Crippen LogP) is 4.51. The number of carbonyl (C=O) groups excluding carboxylic acids is 2. The molecule has 0 aliphatic heterocycles. The molecule has 0 saturated heterocycles. The topological polar surface area (TPSA) is 76.4 Å². The van der Waals surface area contributed by atoms with E-state index in [2.05, 4.69) is 6.07 Å². The smallest absolute Gasteiger partial charge is 0.338 e. The molecule has 0 fully saturated rings. The van der Waals surface area contributed by atoms with Crippen LogP contribution >= 0.6 is 11.3 Å². The van der Waals surface area contributed by atoms with Gasteiger partial charge in [-0.15, -0.1) is 11.3 Å². The summed E-state index contributed by atoms with van der Waals surface area (Å²) >= 11 is 1.44. The van der Waals surface area contributed by atoms with Crippen molar-refractivity contribution in [1.29, 1.82) is 5.26 Å². The summed E-state index contributed by atoms with van der Waals surface area (Å²) in [5, 5.41) is 9.69. The molecule has 2 rings (SSSR count). The summed E-state index contributed by atoms with van der Waals surface area (Å²) in [5.41, 5.74) is 2.05. The van der Waals surface area contributed by atoms with Gasteiger partial charge >= 0.3 is 11.9 Å². The number of aryl methyl sites for hydroxylation is 1. The first-order valence-corrected chi connectivity index (χ1v) is 9.39. The number of ether oxygens (including phenoxy) is 2. The van der Waals surface area contributed by atoms with Crippen molar-refractivity contribution in [2.24, 2.45) is 5.41 Å². The van der Waals surface area contributed by atoms with E-state index < -0.39 is 11.4 Å². The second-order valence-electron chi connectivity index (χ2n) is 7.16. The number of thiophene rings is 1. The zero-order valence-electron chi connectivity index (χ0n) is 16.2. The highest BCUT2D eigenvalue weighted by molar-refractivity contribution is 7.15. The average molecular weight is 385 g/mol. The predicted molar refractivity (Wildman–Crippen MR) is 105 cm³/mol. The zero-order chi connectivity index (χ0) is 20.2. The minimum atomic E-state index is -0.557. The van der Waals surface area contributed by atoms with E-state index in [9.17, 15) is 14.9 Å². The van der Waals surface area contributed by atoms with Gasteiger partial charge in [0.2, 0.25) is 0 Å². The molecule has 142 valence electrons. The van der Waals surface area contributed by atoms with Crippen LogP contribution in [0.5, 0.6) is 0 Å². The lowest BCUT2D eigenvalue weighted by Crippen LogP contribution is -2.23. The van der Waals surface area contributed by atoms with Gasteiger partial charge in [-0.2, -0.15) is 5.26 Å². The molecule has 6 heteroatoms. The molecule has 0 unspecified atom stereocenters. The maximum absolute atomic E-state index is 11.9. The number of carbonyl (C=O) groups is 2. The van der Waals surface area contributed by atoms with E-state index in [4.69, 9.17) is 9.47 Å². The van der Waals surface area contributed by atoms with Crippen molar-refractivity contribution in [3.8, 4) is 16.5 Å². The fourth-order valence-corrected chi connectivity index (χ4v) is 3.58. The largest absolute Gasteiger partial charge is 0.465 e. The van der Waals surface area contributed by atoms with Crippen LogP contribution < -0.4 is 0 Å². The third-order valence-corrected chi connectivity index (χ3v) is 5.15. The lowest BCUT2D eigenvalue weighted by molar-refractivity contribution is -0.152. The Bertz CT molecular complexity index is 900. The molecule has 0 amide bonds. The third-order valence-electron chi connectivity index (χ3n) is 4.07. The van der Waals surface area contributed by atoms with E-state index in [1.54, 1.807) is 26.8 Å². The molecule has 0 bridgehead atoms. The number of benzene rings is 1. The SMILES string of the molecule is COC(=O)c1cc(-c2cccc(CCOC(=O)C(C)(C)C)c2C#N)sc1C. The summed E-state index contributed by atoms with van der Waals surface area (Å²) in [7, 11) is 1.35. The Morgan fingerprint density at radius 2 is 1.96 bits per heavy atom. The number of hydrogen-bond donors (Lipinski definition) is 0. The first kappa shape index (κ1) is 20.7. The molecule has 1 aromatic carbocycles. The van der Waals surface area contributed by atoms with Gasteiger partial charge in [-0.3, -0.25) is 4.79 Å². The van der Waals surface area contributed by atoms with Crippen molar-refractivity contribution >= 4 is 23.3 Å². The van der Waals surface area contributed by atoms with Gasteiger partial charge in [0.1, 0.15) is 6.07 Å². The highest BCUT2D eigenvalue weighted by Crippen LogP contribution is 2.34. The van der Waals surface area contributed by atoms with Gasteiger partial charge in [-0.05, 0) is 39.3 Å². The highest BCUT2D eigenvalue weighted by Gasteiger charge is 2.23. The number of rotatable bonds is 5. The van der Waals surface area contributed by atoms with Crippen LogP contribution in [0.4, 0.5) is 0 Å². The van der Waals surface area contributed by atoms with Gasteiger partial charge in [0.05, 0.1) is 30.3 Å². The molecule has 0 N–H and O–H groups in total. The lowest BCUT2D eigenvalue weighted by atomic mass is 9.97. The van der Waals surface area contributed by atoms with Crippen molar-refractivity contribution in [3.05, 3.63) is 45.8 Å². The van der Waals surface area contributed by atoms with E-state index in [0.717, 1.165) is 20.9 Å². The summed E-state index contributed by atoms with van der Waals surface area (Å²) < 4.78 is 10.1. The van der Waals surface area contributed by atoms with E-state index in [-0.39, 0.29) is 12.6 Å². The molecular weight excluding hydrogens is 362 g/mol. The average Bonchev–Trinajstić information content (AvgIpc) is 3.01. The lowest BCUT2D eigenvalue weighted by Gasteiger charge is -2.16. The van der Waals surface area contributed by atoms with Gasteiger partial charge in [0, 0.05) is 21.7 Å². The maximum Gasteiger partial charge on any atom is 0.338 e. The summed E-state index contributed by atoms with van der Waals surface area (Å²) in [5.74, 6) is -0.660. The molecular formula is C21H23NO4S. The van der Waals surface area contributed by atoms with E-state index in [1.165, 1.54) is 18.4 Å². The number of nitriles is 1. The second kappa shape index (κ2) is 8.36. The summed E-state index contributed by atoms with van der Waals surface area (Å²) in [6, 6.07) is 9.59. The number of methoxy groups -OCH3 is 1. The van der Waals surface area contributed by atoms with E-state index in [0.29, 0.717) is 17.5 Å². The molecule has 0 spiro atoms. The Kier molecular flexibility index (Phi) is 6.40. The normalized spacial score (nSPS) is 11.0. The quantitative estimate of drug-likeness (QED) is 0.708. The molecule has 2 aromatic rings. The highest BCUT2D eigenvalue weighted by atomic mass is 32.1. The minimum absolute atomic E-state index is 0.213.